The molecule has 1 aromatic heterocycles. The molecule has 1 aromatic carbocycles. The van der Waals surface area contributed by atoms with Gasteiger partial charge in [-0.25, -0.2) is 4.39 Å². The van der Waals surface area contributed by atoms with Crippen LogP contribution >= 0.6 is 22.6 Å². The molecule has 1 amide bonds. The molecule has 3 N–H and O–H groups in total. The molecule has 0 saturated heterocycles. The van der Waals surface area contributed by atoms with E-state index in [0.29, 0.717) is 0 Å². The van der Waals surface area contributed by atoms with E-state index in [2.05, 4.69) is 11.9 Å². The smallest absolute Gasteiger partial charge is 0.252 e. The molecular weight excluding hydrogens is 400 g/mol. The molecule has 0 radical (unpaired) electrons. The van der Waals surface area contributed by atoms with E-state index in [4.69, 9.17) is 5.73 Å². The number of benzene rings is 1. The Hall–Kier alpha value is -2.16. The number of rotatable bonds is 5. The van der Waals surface area contributed by atoms with Crippen LogP contribution in [0.3, 0.4) is 0 Å². The van der Waals surface area contributed by atoms with Gasteiger partial charge in [0.25, 0.3) is 11.5 Å². The molecule has 0 aliphatic carbocycles. The van der Waals surface area contributed by atoms with Crippen molar-refractivity contribution in [1.29, 1.82) is 0 Å². The molecule has 2 rings (SSSR count). The van der Waals surface area contributed by atoms with E-state index in [1.54, 1.807) is 6.07 Å². The molecule has 0 aliphatic rings. The molecule has 0 bridgehead atoms. The van der Waals surface area contributed by atoms with E-state index in [0.717, 1.165) is 3.57 Å². The number of allylic oxidation sites excluding steroid dienone is 1. The summed E-state index contributed by atoms with van der Waals surface area (Å²) in [5.41, 5.74) is 5.40. The monoisotopic (exact) mass is 413 g/mol. The van der Waals surface area contributed by atoms with Gasteiger partial charge in [0.1, 0.15) is 5.82 Å². The fourth-order valence-electron chi connectivity index (χ4n) is 1.89. The number of carbonyl (C=O) groups is 1. The van der Waals surface area contributed by atoms with Gasteiger partial charge in [0.15, 0.2) is 0 Å². The van der Waals surface area contributed by atoms with Gasteiger partial charge in [0, 0.05) is 22.4 Å². The lowest BCUT2D eigenvalue weighted by Gasteiger charge is -2.13. The molecule has 2 aromatic rings. The minimum Gasteiger partial charge on any atom is -0.365 e. The Morgan fingerprint density at radius 3 is 2.73 bits per heavy atom. The highest BCUT2D eigenvalue weighted by molar-refractivity contribution is 14.1. The predicted octanol–water partition coefficient (Wildman–Crippen LogP) is 2.62. The predicted molar refractivity (Wildman–Crippen MR) is 91.8 cm³/mol. The quantitative estimate of drug-likeness (QED) is 0.585. The number of nitrogens with one attached hydrogen (secondary N) is 1. The van der Waals surface area contributed by atoms with E-state index in [1.165, 1.54) is 35.0 Å². The molecule has 0 aliphatic heterocycles. The van der Waals surface area contributed by atoms with Gasteiger partial charge < -0.3 is 15.6 Å². The van der Waals surface area contributed by atoms with Crippen molar-refractivity contribution in [2.75, 3.05) is 5.32 Å². The van der Waals surface area contributed by atoms with Crippen molar-refractivity contribution in [3.05, 3.63) is 68.4 Å². The van der Waals surface area contributed by atoms with Gasteiger partial charge >= 0.3 is 0 Å². The number of nitrogens with zero attached hydrogens (tertiary/aromatic N) is 1. The summed E-state index contributed by atoms with van der Waals surface area (Å²) < 4.78 is 15.9. The SMILES string of the molecule is C=CCn1cc(C(N)=O)c(Nc2ccc(I)cc2F)cc1=O. The average Bonchev–Trinajstić information content (AvgIpc) is 2.44. The third kappa shape index (κ3) is 3.53. The molecule has 0 atom stereocenters. The first-order chi connectivity index (χ1) is 10.4. The number of hydrogen-bond donors (Lipinski definition) is 2. The Bertz CT molecular complexity index is 802. The van der Waals surface area contributed by atoms with Gasteiger partial charge in [-0.1, -0.05) is 6.08 Å². The van der Waals surface area contributed by atoms with Crippen LogP contribution in [0.2, 0.25) is 0 Å². The third-order valence-electron chi connectivity index (χ3n) is 2.92. The van der Waals surface area contributed by atoms with Crippen molar-refractivity contribution < 1.29 is 9.18 Å². The first kappa shape index (κ1) is 16.2. The number of hydrogen-bond acceptors (Lipinski definition) is 3. The Morgan fingerprint density at radius 1 is 1.41 bits per heavy atom. The normalized spacial score (nSPS) is 10.3. The van der Waals surface area contributed by atoms with Crippen LogP contribution in [0.25, 0.3) is 0 Å². The Kier molecular flexibility index (Phi) is 4.96. The molecular formula is C15H13FIN3O2. The maximum atomic E-state index is 13.9. The lowest BCUT2D eigenvalue weighted by molar-refractivity contribution is 0.100. The van der Waals surface area contributed by atoms with Crippen LogP contribution in [-0.2, 0) is 6.54 Å². The van der Waals surface area contributed by atoms with Crippen molar-refractivity contribution in [3.8, 4) is 0 Å². The first-order valence-electron chi connectivity index (χ1n) is 6.29. The fraction of sp³-hybridized carbons (Fsp3) is 0.0667. The summed E-state index contributed by atoms with van der Waals surface area (Å²) in [6.07, 6.45) is 2.86. The molecule has 1 heterocycles. The molecule has 0 unspecified atom stereocenters. The third-order valence-corrected chi connectivity index (χ3v) is 3.59. The van der Waals surface area contributed by atoms with Crippen LogP contribution < -0.4 is 16.6 Å². The number of primary amides is 1. The molecule has 7 heteroatoms. The van der Waals surface area contributed by atoms with Crippen molar-refractivity contribution in [3.63, 3.8) is 0 Å². The number of anilines is 2. The summed E-state index contributed by atoms with van der Waals surface area (Å²) >= 11 is 1.98. The number of aromatic nitrogens is 1. The Balaban J connectivity index is 2.50. The topological polar surface area (TPSA) is 77.1 Å². The second kappa shape index (κ2) is 6.73. The first-order valence-corrected chi connectivity index (χ1v) is 7.37. The molecule has 0 saturated carbocycles. The van der Waals surface area contributed by atoms with Crippen molar-refractivity contribution in [1.82, 2.24) is 4.57 Å². The number of carbonyl (C=O) groups excluding carboxylic acids is 1. The maximum absolute atomic E-state index is 13.9. The standard InChI is InChI=1S/C15H13FIN3O2/c1-2-5-20-8-10(15(18)22)13(7-14(20)21)19-12-4-3-9(17)6-11(12)16/h2-4,6-8,19H,1,5H2,(H2,18,22). The average molecular weight is 413 g/mol. The van der Waals surface area contributed by atoms with Gasteiger partial charge in [0.2, 0.25) is 0 Å². The minimum atomic E-state index is -0.716. The minimum absolute atomic E-state index is 0.0967. The van der Waals surface area contributed by atoms with Crippen molar-refractivity contribution >= 4 is 39.9 Å². The number of pyridine rings is 1. The van der Waals surface area contributed by atoms with Gasteiger partial charge in [-0.2, -0.15) is 0 Å². The summed E-state index contributed by atoms with van der Waals surface area (Å²) in [6.45, 7) is 3.79. The van der Waals surface area contributed by atoms with Crippen LogP contribution in [0.15, 0.2) is 47.9 Å². The Morgan fingerprint density at radius 2 is 2.14 bits per heavy atom. The zero-order valence-electron chi connectivity index (χ0n) is 11.5. The van der Waals surface area contributed by atoms with Crippen LogP contribution in [-0.4, -0.2) is 10.5 Å². The largest absolute Gasteiger partial charge is 0.365 e. The van der Waals surface area contributed by atoms with Crippen LogP contribution in [0, 0.1) is 9.39 Å². The van der Waals surface area contributed by atoms with Gasteiger partial charge in [-0.3, -0.25) is 9.59 Å². The molecule has 5 nitrogen and oxygen atoms in total. The summed E-state index contributed by atoms with van der Waals surface area (Å²) in [5, 5.41) is 2.74. The van der Waals surface area contributed by atoms with Crippen LogP contribution in [0.5, 0.6) is 0 Å². The van der Waals surface area contributed by atoms with Crippen LogP contribution in [0.1, 0.15) is 10.4 Å². The molecule has 0 fully saturated rings. The van der Waals surface area contributed by atoms with E-state index >= 15 is 0 Å². The lowest BCUT2D eigenvalue weighted by Crippen LogP contribution is -2.23. The zero-order chi connectivity index (χ0) is 16.3. The molecule has 22 heavy (non-hydrogen) atoms. The van der Waals surface area contributed by atoms with E-state index < -0.39 is 11.7 Å². The summed E-state index contributed by atoms with van der Waals surface area (Å²) in [7, 11) is 0. The van der Waals surface area contributed by atoms with Crippen LogP contribution in [0.4, 0.5) is 15.8 Å². The molecule has 0 spiro atoms. The highest BCUT2D eigenvalue weighted by Gasteiger charge is 2.13. The summed E-state index contributed by atoms with van der Waals surface area (Å²) in [5.74, 6) is -1.20. The van der Waals surface area contributed by atoms with Crippen molar-refractivity contribution in [2.24, 2.45) is 5.73 Å². The van der Waals surface area contributed by atoms with Crippen molar-refractivity contribution in [2.45, 2.75) is 6.54 Å². The zero-order valence-corrected chi connectivity index (χ0v) is 13.6. The number of nitrogens with two attached hydrogens (primary N) is 1. The molecule has 114 valence electrons. The van der Waals surface area contributed by atoms with Gasteiger partial charge in [-0.05, 0) is 40.8 Å². The number of halogens is 2. The Labute approximate surface area is 139 Å². The highest BCUT2D eigenvalue weighted by atomic mass is 127. The second-order valence-electron chi connectivity index (χ2n) is 4.49. The highest BCUT2D eigenvalue weighted by Crippen LogP contribution is 2.23. The number of amides is 1. The van der Waals surface area contributed by atoms with Gasteiger partial charge in [0.05, 0.1) is 16.9 Å². The summed E-state index contributed by atoms with van der Waals surface area (Å²) in [4.78, 5) is 23.5. The lowest BCUT2D eigenvalue weighted by atomic mass is 10.2. The van der Waals surface area contributed by atoms with Gasteiger partial charge in [-0.15, -0.1) is 6.58 Å². The van der Waals surface area contributed by atoms with E-state index in [9.17, 15) is 14.0 Å². The summed E-state index contributed by atoms with van der Waals surface area (Å²) in [6, 6.07) is 5.78. The maximum Gasteiger partial charge on any atom is 0.252 e. The van der Waals surface area contributed by atoms with E-state index in [1.807, 2.05) is 22.6 Å². The fourth-order valence-corrected chi connectivity index (χ4v) is 2.34. The van der Waals surface area contributed by atoms with E-state index in [-0.39, 0.29) is 29.0 Å². The second-order valence-corrected chi connectivity index (χ2v) is 5.74.